The number of hydrogen-bond acceptors (Lipinski definition) is 10. The predicted molar refractivity (Wildman–Crippen MR) is 128 cm³/mol. The van der Waals surface area contributed by atoms with Crippen LogP contribution < -0.4 is 21.0 Å². The molecule has 204 valence electrons. The molecular weight excluding hydrogens is 564 g/mol. The van der Waals surface area contributed by atoms with Crippen LogP contribution >= 0.6 is 30.9 Å². The maximum Gasteiger partial charge on any atom is 0.459 e. The minimum absolute atomic E-state index is 0.0368. The standard InChI is InChI=1S/C20H23Cl2F2N4O8P/c1-20(23,24)17(29)15(34-10-28-6-4-16(25)26-19(28)31)9-35-37(32,27-13-5-7-33-18(13)30)36-14-3-2-11(21)8-12(14)22/h2-4,6,8,13,15,17,29H,5,7,9-10H2,1H3,(H,27,32)(H2,25,26,31). The Morgan fingerprint density at radius 2 is 2.11 bits per heavy atom. The van der Waals surface area contributed by atoms with Crippen LogP contribution in [0.3, 0.4) is 0 Å². The first-order valence-corrected chi connectivity index (χ1v) is 12.9. The van der Waals surface area contributed by atoms with Crippen LogP contribution in [0.1, 0.15) is 13.3 Å². The number of esters is 1. The van der Waals surface area contributed by atoms with Crippen molar-refractivity contribution in [3.63, 3.8) is 0 Å². The number of halogens is 4. The van der Waals surface area contributed by atoms with E-state index in [-0.39, 0.29) is 34.6 Å². The molecule has 2 aromatic rings. The molecule has 4 atom stereocenters. The third-order valence-corrected chi connectivity index (χ3v) is 7.05. The van der Waals surface area contributed by atoms with Gasteiger partial charge in [-0.15, -0.1) is 0 Å². The largest absolute Gasteiger partial charge is 0.464 e. The van der Waals surface area contributed by atoms with Crippen molar-refractivity contribution in [2.24, 2.45) is 0 Å². The van der Waals surface area contributed by atoms with Gasteiger partial charge in [-0.1, -0.05) is 23.2 Å². The first-order chi connectivity index (χ1) is 17.3. The number of nitrogens with zero attached hydrogens (tertiary/aromatic N) is 2. The number of carbonyl (C=O) groups excluding carboxylic acids is 1. The fourth-order valence-electron chi connectivity index (χ4n) is 3.02. The summed E-state index contributed by atoms with van der Waals surface area (Å²) >= 11 is 11.9. The number of cyclic esters (lactones) is 1. The topological polar surface area (TPSA) is 164 Å². The second-order valence-electron chi connectivity index (χ2n) is 7.94. The van der Waals surface area contributed by atoms with Crippen LogP contribution in [-0.4, -0.2) is 58.0 Å². The summed E-state index contributed by atoms with van der Waals surface area (Å²) in [4.78, 5) is 27.3. The molecular formula is C20H23Cl2F2N4O8P. The molecule has 4 unspecified atom stereocenters. The molecule has 3 rings (SSSR count). The molecule has 0 bridgehead atoms. The summed E-state index contributed by atoms with van der Waals surface area (Å²) in [5.74, 6) is -4.66. The number of aliphatic hydroxyl groups excluding tert-OH is 1. The summed E-state index contributed by atoms with van der Waals surface area (Å²) in [6.07, 6.45) is -2.98. The van der Waals surface area contributed by atoms with Crippen LogP contribution in [0, 0.1) is 0 Å². The van der Waals surface area contributed by atoms with Gasteiger partial charge in [-0.2, -0.15) is 10.1 Å². The summed E-state index contributed by atoms with van der Waals surface area (Å²) in [6, 6.07) is 4.11. The van der Waals surface area contributed by atoms with Crippen LogP contribution in [0.2, 0.25) is 10.0 Å². The Labute approximate surface area is 219 Å². The molecule has 0 spiro atoms. The lowest BCUT2D eigenvalue weighted by molar-refractivity contribution is -0.173. The Balaban J connectivity index is 1.83. The van der Waals surface area contributed by atoms with Crippen molar-refractivity contribution < 1.29 is 41.8 Å². The third kappa shape index (κ3) is 8.08. The van der Waals surface area contributed by atoms with E-state index in [4.69, 9.17) is 47.5 Å². The number of anilines is 1. The van der Waals surface area contributed by atoms with Gasteiger partial charge in [-0.25, -0.2) is 18.1 Å². The lowest BCUT2D eigenvalue weighted by Gasteiger charge is -2.29. The highest BCUT2D eigenvalue weighted by Gasteiger charge is 2.43. The van der Waals surface area contributed by atoms with E-state index in [1.807, 2.05) is 0 Å². The van der Waals surface area contributed by atoms with E-state index < -0.39 is 56.9 Å². The Morgan fingerprint density at radius 1 is 1.38 bits per heavy atom. The van der Waals surface area contributed by atoms with Crippen molar-refractivity contribution in [1.29, 1.82) is 0 Å². The van der Waals surface area contributed by atoms with E-state index in [0.29, 0.717) is 6.92 Å². The van der Waals surface area contributed by atoms with Gasteiger partial charge in [0.15, 0.2) is 0 Å². The number of aromatic nitrogens is 2. The molecule has 12 nitrogen and oxygen atoms in total. The first kappa shape index (κ1) is 29.2. The number of rotatable bonds is 12. The van der Waals surface area contributed by atoms with E-state index in [2.05, 4.69) is 10.1 Å². The SMILES string of the molecule is CC(F)(F)C(O)C(COP(=O)(NC1CCOC1=O)Oc1ccc(Cl)cc1Cl)OCn1ccc(N)nc1=O. The van der Waals surface area contributed by atoms with Crippen molar-refractivity contribution in [2.75, 3.05) is 18.9 Å². The molecule has 0 radical (unpaired) electrons. The Bertz CT molecular complexity index is 1230. The van der Waals surface area contributed by atoms with Crippen molar-refractivity contribution in [1.82, 2.24) is 14.6 Å². The highest BCUT2D eigenvalue weighted by molar-refractivity contribution is 7.52. The molecule has 0 saturated carbocycles. The van der Waals surface area contributed by atoms with E-state index in [1.165, 1.54) is 30.5 Å². The zero-order valence-corrected chi connectivity index (χ0v) is 21.6. The number of nitrogen functional groups attached to an aromatic ring is 1. The molecule has 0 aliphatic carbocycles. The van der Waals surface area contributed by atoms with Crippen molar-refractivity contribution in [3.8, 4) is 5.75 Å². The minimum Gasteiger partial charge on any atom is -0.464 e. The number of carbonyl (C=O) groups is 1. The van der Waals surface area contributed by atoms with Gasteiger partial charge in [0, 0.05) is 24.6 Å². The second-order valence-corrected chi connectivity index (χ2v) is 10.5. The first-order valence-electron chi connectivity index (χ1n) is 10.6. The number of benzene rings is 1. The van der Waals surface area contributed by atoms with Crippen molar-refractivity contribution >= 4 is 42.7 Å². The molecule has 1 aromatic heterocycles. The lowest BCUT2D eigenvalue weighted by Crippen LogP contribution is -2.45. The van der Waals surface area contributed by atoms with Gasteiger partial charge in [-0.3, -0.25) is 13.9 Å². The number of alkyl halides is 2. The summed E-state index contributed by atoms with van der Waals surface area (Å²) in [7, 11) is -4.54. The van der Waals surface area contributed by atoms with Gasteiger partial charge < -0.3 is 24.8 Å². The zero-order chi connectivity index (χ0) is 27.4. The van der Waals surface area contributed by atoms with E-state index in [1.54, 1.807) is 0 Å². The summed E-state index contributed by atoms with van der Waals surface area (Å²) in [5.41, 5.74) is 4.57. The second kappa shape index (κ2) is 12.0. The molecule has 1 aliphatic rings. The van der Waals surface area contributed by atoms with Crippen molar-refractivity contribution in [3.05, 3.63) is 51.0 Å². The van der Waals surface area contributed by atoms with E-state index in [9.17, 15) is 28.0 Å². The molecule has 2 heterocycles. The van der Waals surface area contributed by atoms with Crippen LogP contribution in [0.15, 0.2) is 35.3 Å². The smallest absolute Gasteiger partial charge is 0.459 e. The molecule has 1 aliphatic heterocycles. The molecule has 0 amide bonds. The van der Waals surface area contributed by atoms with Crippen LogP contribution in [0.25, 0.3) is 0 Å². The number of nitrogens with two attached hydrogens (primary N) is 1. The van der Waals surface area contributed by atoms with Crippen molar-refractivity contribution in [2.45, 2.75) is 44.2 Å². The molecule has 4 N–H and O–H groups in total. The molecule has 37 heavy (non-hydrogen) atoms. The van der Waals surface area contributed by atoms with Crippen LogP contribution in [-0.2, 0) is 30.1 Å². The van der Waals surface area contributed by atoms with Gasteiger partial charge in [0.2, 0.25) is 0 Å². The maximum atomic E-state index is 14.0. The Morgan fingerprint density at radius 3 is 2.70 bits per heavy atom. The highest BCUT2D eigenvalue weighted by atomic mass is 35.5. The molecule has 1 aromatic carbocycles. The molecule has 1 saturated heterocycles. The third-order valence-electron chi connectivity index (χ3n) is 4.97. The van der Waals surface area contributed by atoms with Crippen LogP contribution in [0.5, 0.6) is 5.75 Å². The zero-order valence-electron chi connectivity index (χ0n) is 19.2. The van der Waals surface area contributed by atoms with Crippen LogP contribution in [0.4, 0.5) is 14.6 Å². The summed E-state index contributed by atoms with van der Waals surface area (Å²) < 4.78 is 63.3. The van der Waals surface area contributed by atoms with Gasteiger partial charge in [0.05, 0.1) is 18.2 Å². The Kier molecular flexibility index (Phi) is 9.51. The van der Waals surface area contributed by atoms with E-state index >= 15 is 0 Å². The fraction of sp³-hybridized carbons (Fsp3) is 0.450. The molecule has 17 heteroatoms. The average Bonchev–Trinajstić information content (AvgIpc) is 3.20. The lowest BCUT2D eigenvalue weighted by atomic mass is 10.1. The maximum absolute atomic E-state index is 14.0. The molecule has 1 fully saturated rings. The summed E-state index contributed by atoms with van der Waals surface area (Å²) in [5, 5.41) is 12.8. The number of ether oxygens (including phenoxy) is 2. The summed E-state index contributed by atoms with van der Waals surface area (Å²) in [6.45, 7) is -1.10. The van der Waals surface area contributed by atoms with E-state index in [0.717, 1.165) is 4.57 Å². The van der Waals surface area contributed by atoms with Gasteiger partial charge in [0.25, 0.3) is 5.92 Å². The van der Waals surface area contributed by atoms with Gasteiger partial charge in [0.1, 0.15) is 36.5 Å². The normalized spacial score (nSPS) is 19.2. The number of hydrogen-bond donors (Lipinski definition) is 3. The average molecular weight is 587 g/mol. The highest BCUT2D eigenvalue weighted by Crippen LogP contribution is 2.48. The number of nitrogens with one attached hydrogen (secondary N) is 1. The minimum atomic E-state index is -4.54. The van der Waals surface area contributed by atoms with Gasteiger partial charge >= 0.3 is 19.4 Å². The number of aliphatic hydroxyl groups is 1. The monoisotopic (exact) mass is 586 g/mol. The predicted octanol–water partition coefficient (Wildman–Crippen LogP) is 2.60. The fourth-order valence-corrected chi connectivity index (χ4v) is 5.08. The van der Waals surface area contributed by atoms with Gasteiger partial charge in [-0.05, 0) is 24.3 Å². The quantitative estimate of drug-likeness (QED) is 0.247. The Hall–Kier alpha value is -2.32.